The lowest BCUT2D eigenvalue weighted by Crippen LogP contribution is -2.28. The largest absolute Gasteiger partial charge is 0.338 e. The number of carbonyl (C=O) groups excluding carboxylic acids is 2. The van der Waals surface area contributed by atoms with E-state index in [1.807, 2.05) is 78.0 Å². The number of aryl methyl sites for hydroxylation is 2. The standard InChI is InChI=1S/C24H27N5O2/c1-17-12-18(2)29(27-17)22-9-4-8-21(14-22)26-24(31)25-15-19-6-3-7-20(13-19)16-28-11-5-10-23(28)30/h3-4,6-9,12-14H,5,10-11,15-16H2,1-2H3,(H2,25,26,31). The number of nitrogens with one attached hydrogen (secondary N) is 2. The van der Waals surface area contributed by atoms with Crippen LogP contribution in [0.15, 0.2) is 54.6 Å². The summed E-state index contributed by atoms with van der Waals surface area (Å²) in [4.78, 5) is 26.1. The van der Waals surface area contributed by atoms with E-state index in [1.165, 1.54) is 0 Å². The maximum absolute atomic E-state index is 12.4. The third-order valence-corrected chi connectivity index (χ3v) is 5.35. The second kappa shape index (κ2) is 9.04. The van der Waals surface area contributed by atoms with Gasteiger partial charge in [0, 0.05) is 37.4 Å². The van der Waals surface area contributed by atoms with Crippen molar-refractivity contribution in [1.82, 2.24) is 20.0 Å². The number of hydrogen-bond donors (Lipinski definition) is 2. The molecule has 3 aromatic rings. The highest BCUT2D eigenvalue weighted by molar-refractivity contribution is 5.89. The minimum Gasteiger partial charge on any atom is -0.338 e. The van der Waals surface area contributed by atoms with Gasteiger partial charge in [-0.25, -0.2) is 9.48 Å². The molecule has 3 amide bonds. The molecule has 0 bridgehead atoms. The van der Waals surface area contributed by atoms with Crippen LogP contribution >= 0.6 is 0 Å². The second-order valence-electron chi connectivity index (χ2n) is 7.94. The zero-order valence-corrected chi connectivity index (χ0v) is 17.9. The Morgan fingerprint density at radius 3 is 2.61 bits per heavy atom. The molecule has 1 saturated heterocycles. The first-order valence-electron chi connectivity index (χ1n) is 10.5. The molecule has 0 aliphatic carbocycles. The maximum atomic E-state index is 12.4. The first-order chi connectivity index (χ1) is 15.0. The molecule has 2 N–H and O–H groups in total. The Hall–Kier alpha value is -3.61. The smallest absolute Gasteiger partial charge is 0.319 e. The van der Waals surface area contributed by atoms with E-state index in [9.17, 15) is 9.59 Å². The Bertz CT molecular complexity index is 1100. The topological polar surface area (TPSA) is 79.3 Å². The highest BCUT2D eigenvalue weighted by atomic mass is 16.2. The predicted octanol–water partition coefficient (Wildman–Crippen LogP) is 3.93. The summed E-state index contributed by atoms with van der Waals surface area (Å²) in [5, 5.41) is 10.3. The fourth-order valence-electron chi connectivity index (χ4n) is 3.89. The molecule has 2 aromatic carbocycles. The van der Waals surface area contributed by atoms with Gasteiger partial charge in [-0.1, -0.05) is 30.3 Å². The van der Waals surface area contributed by atoms with Crippen LogP contribution in [0, 0.1) is 13.8 Å². The van der Waals surface area contributed by atoms with Gasteiger partial charge in [-0.3, -0.25) is 4.79 Å². The van der Waals surface area contributed by atoms with Crippen LogP contribution in [-0.4, -0.2) is 33.2 Å². The van der Waals surface area contributed by atoms with Crippen LogP contribution in [0.1, 0.15) is 35.4 Å². The molecular formula is C24H27N5O2. The molecule has 0 atom stereocenters. The monoisotopic (exact) mass is 417 g/mol. The van der Waals surface area contributed by atoms with Gasteiger partial charge in [0.2, 0.25) is 5.91 Å². The van der Waals surface area contributed by atoms with Crippen LogP contribution in [-0.2, 0) is 17.9 Å². The number of urea groups is 1. The molecule has 1 aliphatic rings. The SMILES string of the molecule is Cc1cc(C)n(-c2cccc(NC(=O)NCc3cccc(CN4CCCC4=O)c3)c2)n1. The minimum atomic E-state index is -0.273. The summed E-state index contributed by atoms with van der Waals surface area (Å²) in [6.45, 7) is 5.81. The summed E-state index contributed by atoms with van der Waals surface area (Å²) in [5.74, 6) is 0.214. The Morgan fingerprint density at radius 2 is 1.87 bits per heavy atom. The Balaban J connectivity index is 1.34. The Kier molecular flexibility index (Phi) is 6.02. The Labute approximate surface area is 182 Å². The molecule has 0 unspecified atom stereocenters. The van der Waals surface area contributed by atoms with E-state index in [4.69, 9.17) is 0 Å². The zero-order chi connectivity index (χ0) is 21.8. The molecule has 160 valence electrons. The van der Waals surface area contributed by atoms with Crippen molar-refractivity contribution in [3.05, 3.63) is 77.1 Å². The molecule has 0 radical (unpaired) electrons. The lowest BCUT2D eigenvalue weighted by Gasteiger charge is -2.16. The minimum absolute atomic E-state index is 0.214. The molecule has 1 fully saturated rings. The highest BCUT2D eigenvalue weighted by Gasteiger charge is 2.19. The van der Waals surface area contributed by atoms with Crippen molar-refractivity contribution in [2.45, 2.75) is 39.8 Å². The van der Waals surface area contributed by atoms with Crippen LogP contribution in [0.3, 0.4) is 0 Å². The average Bonchev–Trinajstić information content (AvgIpc) is 3.31. The molecule has 7 nitrogen and oxygen atoms in total. The third kappa shape index (κ3) is 5.12. The fraction of sp³-hybridized carbons (Fsp3) is 0.292. The molecule has 2 heterocycles. The van der Waals surface area contributed by atoms with Crippen molar-refractivity contribution in [2.75, 3.05) is 11.9 Å². The van der Waals surface area contributed by atoms with Crippen LogP contribution in [0.4, 0.5) is 10.5 Å². The van der Waals surface area contributed by atoms with Crippen molar-refractivity contribution in [3.8, 4) is 5.69 Å². The molecule has 1 aliphatic heterocycles. The number of amides is 3. The molecule has 4 rings (SSSR count). The van der Waals surface area contributed by atoms with Gasteiger partial charge in [0.05, 0.1) is 11.4 Å². The van der Waals surface area contributed by atoms with Gasteiger partial charge < -0.3 is 15.5 Å². The summed E-state index contributed by atoms with van der Waals surface area (Å²) in [6, 6.07) is 17.3. The predicted molar refractivity (Wildman–Crippen MR) is 120 cm³/mol. The number of hydrogen-bond acceptors (Lipinski definition) is 3. The summed E-state index contributed by atoms with van der Waals surface area (Å²) in [6.07, 6.45) is 1.57. The number of likely N-dealkylation sites (tertiary alicyclic amines) is 1. The lowest BCUT2D eigenvalue weighted by atomic mass is 10.1. The van der Waals surface area contributed by atoms with Crippen molar-refractivity contribution < 1.29 is 9.59 Å². The summed E-state index contributed by atoms with van der Waals surface area (Å²) in [7, 11) is 0. The Morgan fingerprint density at radius 1 is 1.06 bits per heavy atom. The summed E-state index contributed by atoms with van der Waals surface area (Å²) < 4.78 is 1.86. The van der Waals surface area contributed by atoms with Crippen molar-refractivity contribution in [3.63, 3.8) is 0 Å². The van der Waals surface area contributed by atoms with Gasteiger partial charge in [-0.05, 0) is 55.7 Å². The van der Waals surface area contributed by atoms with Gasteiger partial charge in [0.15, 0.2) is 0 Å². The van der Waals surface area contributed by atoms with Gasteiger partial charge in [0.25, 0.3) is 0 Å². The molecule has 0 spiro atoms. The van der Waals surface area contributed by atoms with Crippen molar-refractivity contribution in [1.29, 1.82) is 0 Å². The number of anilines is 1. The molecule has 31 heavy (non-hydrogen) atoms. The molecule has 0 saturated carbocycles. The molecule has 7 heteroatoms. The average molecular weight is 418 g/mol. The van der Waals surface area contributed by atoms with E-state index in [0.717, 1.165) is 41.2 Å². The second-order valence-corrected chi connectivity index (χ2v) is 7.94. The van der Waals surface area contributed by atoms with E-state index >= 15 is 0 Å². The van der Waals surface area contributed by atoms with Gasteiger partial charge in [-0.15, -0.1) is 0 Å². The fourth-order valence-corrected chi connectivity index (χ4v) is 3.89. The quantitative estimate of drug-likeness (QED) is 0.638. The van der Waals surface area contributed by atoms with E-state index in [1.54, 1.807) is 0 Å². The number of aromatic nitrogens is 2. The van der Waals surface area contributed by atoms with Crippen LogP contribution in [0.25, 0.3) is 5.69 Å². The first kappa shape index (κ1) is 20.7. The van der Waals surface area contributed by atoms with Crippen molar-refractivity contribution in [2.24, 2.45) is 0 Å². The molecule has 1 aromatic heterocycles. The van der Waals surface area contributed by atoms with Crippen LogP contribution in [0.2, 0.25) is 0 Å². The number of benzene rings is 2. The molecular weight excluding hydrogens is 390 g/mol. The number of carbonyl (C=O) groups is 2. The number of nitrogens with zero attached hydrogens (tertiary/aromatic N) is 3. The van der Waals surface area contributed by atoms with Gasteiger partial charge >= 0.3 is 6.03 Å². The third-order valence-electron chi connectivity index (χ3n) is 5.35. The van der Waals surface area contributed by atoms with Gasteiger partial charge in [-0.2, -0.15) is 5.10 Å². The van der Waals surface area contributed by atoms with Gasteiger partial charge in [0.1, 0.15) is 0 Å². The van der Waals surface area contributed by atoms with Crippen LogP contribution in [0.5, 0.6) is 0 Å². The van der Waals surface area contributed by atoms with Crippen molar-refractivity contribution >= 4 is 17.6 Å². The summed E-state index contributed by atoms with van der Waals surface area (Å²) >= 11 is 0. The zero-order valence-electron chi connectivity index (χ0n) is 17.9. The summed E-state index contributed by atoms with van der Waals surface area (Å²) in [5.41, 5.74) is 5.65. The van der Waals surface area contributed by atoms with E-state index in [-0.39, 0.29) is 11.9 Å². The van der Waals surface area contributed by atoms with Crippen LogP contribution < -0.4 is 10.6 Å². The number of rotatable bonds is 6. The maximum Gasteiger partial charge on any atom is 0.319 e. The van der Waals surface area contributed by atoms with E-state index < -0.39 is 0 Å². The van der Waals surface area contributed by atoms with E-state index in [2.05, 4.69) is 15.7 Å². The first-order valence-corrected chi connectivity index (χ1v) is 10.5. The lowest BCUT2D eigenvalue weighted by molar-refractivity contribution is -0.128. The normalized spacial score (nSPS) is 13.5. The van der Waals surface area contributed by atoms with E-state index in [0.29, 0.717) is 25.2 Å². The highest BCUT2D eigenvalue weighted by Crippen LogP contribution is 2.17.